The molecule has 1 aliphatic rings. The van der Waals surface area contributed by atoms with Crippen LogP contribution in [0.25, 0.3) is 10.2 Å². The lowest BCUT2D eigenvalue weighted by molar-refractivity contribution is -0.0431. The van der Waals surface area contributed by atoms with Crippen LogP contribution < -0.4 is 14.8 Å². The molecule has 1 saturated carbocycles. The van der Waals surface area contributed by atoms with E-state index in [1.54, 1.807) is 6.07 Å². The lowest BCUT2D eigenvalue weighted by Gasteiger charge is -2.36. The smallest absolute Gasteiger partial charge is 0.412 e. The molecular weight excluding hydrogens is 539 g/mol. The van der Waals surface area contributed by atoms with E-state index < -0.39 is 32.4 Å². The van der Waals surface area contributed by atoms with E-state index in [0.717, 1.165) is 0 Å². The van der Waals surface area contributed by atoms with Crippen molar-refractivity contribution in [2.45, 2.75) is 64.0 Å². The highest BCUT2D eigenvalue weighted by atomic mass is 35.5. The second-order valence-electron chi connectivity index (χ2n) is 10.2. The number of nitrogens with one attached hydrogen (secondary N) is 1. The van der Waals surface area contributed by atoms with Crippen molar-refractivity contribution in [2.75, 3.05) is 18.5 Å². The van der Waals surface area contributed by atoms with Gasteiger partial charge in [0.1, 0.15) is 18.8 Å². The molecular formula is C24H30ClFN4O5SSi. The summed E-state index contributed by atoms with van der Waals surface area (Å²) in [5.74, 6) is -0.471. The first-order valence-electron chi connectivity index (χ1n) is 11.9. The molecule has 2 aromatic heterocycles. The van der Waals surface area contributed by atoms with E-state index in [4.69, 9.17) is 30.2 Å². The number of benzene rings is 1. The number of hydrogen-bond acceptors (Lipinski definition) is 9. The van der Waals surface area contributed by atoms with E-state index in [2.05, 4.69) is 54.1 Å². The number of halogens is 2. The SMILES string of the molecule is CC(C)(C)[Si](C)(C)OCCOc1ncc(NC(=O)O[C@@H]2CC[C@@H]2Oc2cc3sc(Cl)nc3cc2F)cn1. The van der Waals surface area contributed by atoms with Crippen molar-refractivity contribution < 1.29 is 27.8 Å². The number of rotatable bonds is 9. The molecule has 0 bridgehead atoms. The van der Waals surface area contributed by atoms with Crippen molar-refractivity contribution in [2.24, 2.45) is 0 Å². The molecule has 3 aromatic rings. The van der Waals surface area contributed by atoms with E-state index in [1.807, 2.05) is 0 Å². The van der Waals surface area contributed by atoms with Gasteiger partial charge in [0.05, 0.1) is 34.9 Å². The molecule has 0 radical (unpaired) electrons. The lowest BCUT2D eigenvalue weighted by atomic mass is 9.92. The number of carbonyl (C=O) groups is 1. The summed E-state index contributed by atoms with van der Waals surface area (Å²) < 4.78 is 38.3. The number of amides is 1. The summed E-state index contributed by atoms with van der Waals surface area (Å²) in [7, 11) is -1.84. The second kappa shape index (κ2) is 11.1. The number of carbonyl (C=O) groups excluding carboxylic acids is 1. The highest BCUT2D eigenvalue weighted by Gasteiger charge is 2.38. The molecule has 0 unspecified atom stereocenters. The Morgan fingerprint density at radius 2 is 1.89 bits per heavy atom. The molecule has 200 valence electrons. The third-order valence-electron chi connectivity index (χ3n) is 6.56. The zero-order valence-corrected chi connectivity index (χ0v) is 23.9. The van der Waals surface area contributed by atoms with Crippen LogP contribution in [-0.2, 0) is 9.16 Å². The molecule has 13 heteroatoms. The summed E-state index contributed by atoms with van der Waals surface area (Å²) in [5, 5.41) is 2.71. The molecule has 9 nitrogen and oxygen atoms in total. The van der Waals surface area contributed by atoms with Gasteiger partial charge in [0.2, 0.25) is 0 Å². The Morgan fingerprint density at radius 1 is 1.19 bits per heavy atom. The van der Waals surface area contributed by atoms with Gasteiger partial charge in [0, 0.05) is 12.1 Å². The molecule has 0 saturated heterocycles. The number of thiazole rings is 1. The largest absolute Gasteiger partial charge is 0.483 e. The summed E-state index contributed by atoms with van der Waals surface area (Å²) in [6.45, 7) is 11.7. The van der Waals surface area contributed by atoms with Crippen LogP contribution >= 0.6 is 22.9 Å². The van der Waals surface area contributed by atoms with Gasteiger partial charge >= 0.3 is 12.1 Å². The third kappa shape index (κ3) is 6.86. The quantitative estimate of drug-likeness (QED) is 0.232. The van der Waals surface area contributed by atoms with Crippen LogP contribution in [-0.4, -0.2) is 54.8 Å². The Morgan fingerprint density at radius 3 is 2.54 bits per heavy atom. The standard InChI is InChI=1S/C24H30ClFN4O5SSi/c1-24(2,3)37(4,5)33-9-8-32-22-27-12-14(13-28-22)29-23(31)35-18-7-6-17(18)34-19-11-20-16(10-15(19)26)30-21(25)36-20/h10-13,17-18H,6-9H2,1-5H3,(H,29,31)/t17-,18+/m0/s1. The van der Waals surface area contributed by atoms with Gasteiger partial charge < -0.3 is 18.6 Å². The van der Waals surface area contributed by atoms with E-state index in [1.165, 1.54) is 29.8 Å². The first kappa shape index (κ1) is 27.5. The molecule has 1 aliphatic carbocycles. The second-order valence-corrected chi connectivity index (χ2v) is 16.7. The van der Waals surface area contributed by atoms with Crippen LogP contribution in [0, 0.1) is 5.82 Å². The molecule has 1 N–H and O–H groups in total. The van der Waals surface area contributed by atoms with Crippen LogP contribution in [0.3, 0.4) is 0 Å². The Labute approximate surface area is 224 Å². The summed E-state index contributed by atoms with van der Waals surface area (Å²) in [4.78, 5) is 24.6. The van der Waals surface area contributed by atoms with Crippen molar-refractivity contribution in [1.82, 2.24) is 15.0 Å². The van der Waals surface area contributed by atoms with Gasteiger partial charge in [-0.05, 0) is 31.0 Å². The highest BCUT2D eigenvalue weighted by Crippen LogP contribution is 2.37. The van der Waals surface area contributed by atoms with Crippen molar-refractivity contribution in [1.29, 1.82) is 0 Å². The van der Waals surface area contributed by atoms with Crippen molar-refractivity contribution in [3.05, 3.63) is 34.8 Å². The van der Waals surface area contributed by atoms with Crippen LogP contribution in [0.5, 0.6) is 11.8 Å². The van der Waals surface area contributed by atoms with E-state index in [0.29, 0.717) is 46.4 Å². The topological polar surface area (TPSA) is 105 Å². The minimum atomic E-state index is -1.84. The third-order valence-corrected chi connectivity index (χ3v) is 12.2. The predicted octanol–water partition coefficient (Wildman–Crippen LogP) is 6.44. The summed E-state index contributed by atoms with van der Waals surface area (Å²) in [6.07, 6.45) is 2.45. The summed E-state index contributed by atoms with van der Waals surface area (Å²) in [6, 6.07) is 3.03. The van der Waals surface area contributed by atoms with Gasteiger partial charge in [-0.1, -0.05) is 32.4 Å². The molecule has 1 aromatic carbocycles. The maximum absolute atomic E-state index is 14.4. The Bertz CT molecular complexity index is 1250. The number of hydrogen-bond donors (Lipinski definition) is 1. The fourth-order valence-electron chi connectivity index (χ4n) is 3.25. The molecule has 4 rings (SSSR count). The average Bonchev–Trinajstić information content (AvgIpc) is 3.16. The molecule has 2 atom stereocenters. The van der Waals surface area contributed by atoms with Crippen molar-refractivity contribution >= 4 is 53.3 Å². The zero-order valence-electron chi connectivity index (χ0n) is 21.3. The number of aromatic nitrogens is 3. The fourth-order valence-corrected chi connectivity index (χ4v) is 5.32. The lowest BCUT2D eigenvalue weighted by Crippen LogP contribution is -2.45. The Hall–Kier alpha value is -2.54. The van der Waals surface area contributed by atoms with Gasteiger partial charge in [-0.25, -0.2) is 24.1 Å². The maximum Gasteiger partial charge on any atom is 0.412 e. The van der Waals surface area contributed by atoms with E-state index in [9.17, 15) is 9.18 Å². The zero-order chi connectivity index (χ0) is 26.8. The Kier molecular flexibility index (Phi) is 8.22. The molecule has 37 heavy (non-hydrogen) atoms. The van der Waals surface area contributed by atoms with Gasteiger partial charge in [-0.2, -0.15) is 0 Å². The van der Waals surface area contributed by atoms with Gasteiger partial charge in [-0.15, -0.1) is 11.3 Å². The highest BCUT2D eigenvalue weighted by molar-refractivity contribution is 7.22. The monoisotopic (exact) mass is 568 g/mol. The number of ether oxygens (including phenoxy) is 3. The van der Waals surface area contributed by atoms with Crippen LogP contribution in [0.15, 0.2) is 24.5 Å². The van der Waals surface area contributed by atoms with Gasteiger partial charge in [0.15, 0.2) is 24.4 Å². The average molecular weight is 569 g/mol. The maximum atomic E-state index is 14.4. The van der Waals surface area contributed by atoms with Crippen LogP contribution in [0.1, 0.15) is 33.6 Å². The molecule has 0 aliphatic heterocycles. The molecule has 2 heterocycles. The summed E-state index contributed by atoms with van der Waals surface area (Å²) in [5.41, 5.74) is 0.823. The number of anilines is 1. The van der Waals surface area contributed by atoms with Gasteiger partial charge in [0.25, 0.3) is 0 Å². The number of nitrogens with zero attached hydrogens (tertiary/aromatic N) is 3. The minimum absolute atomic E-state index is 0.0743. The van der Waals surface area contributed by atoms with E-state index >= 15 is 0 Å². The normalized spacial score (nSPS) is 17.8. The summed E-state index contributed by atoms with van der Waals surface area (Å²) >= 11 is 7.14. The fraction of sp³-hybridized carbons (Fsp3) is 0.500. The Balaban J connectivity index is 1.22. The van der Waals surface area contributed by atoms with E-state index in [-0.39, 0.29) is 16.8 Å². The number of fused-ring (bicyclic) bond motifs is 1. The van der Waals surface area contributed by atoms with Crippen LogP contribution in [0.2, 0.25) is 22.6 Å². The van der Waals surface area contributed by atoms with Gasteiger partial charge in [-0.3, -0.25) is 5.32 Å². The van der Waals surface area contributed by atoms with Crippen molar-refractivity contribution in [3.8, 4) is 11.8 Å². The van der Waals surface area contributed by atoms with Crippen molar-refractivity contribution in [3.63, 3.8) is 0 Å². The van der Waals surface area contributed by atoms with Crippen LogP contribution in [0.4, 0.5) is 14.9 Å². The first-order chi connectivity index (χ1) is 17.4. The molecule has 1 fully saturated rings. The molecule has 1 amide bonds. The predicted molar refractivity (Wildman–Crippen MR) is 143 cm³/mol. The first-order valence-corrected chi connectivity index (χ1v) is 16.0. The molecule has 0 spiro atoms. The minimum Gasteiger partial charge on any atom is -0.483 e.